The number of benzene rings is 1. The van der Waals surface area contributed by atoms with Crippen LogP contribution in [0.3, 0.4) is 0 Å². The Labute approximate surface area is 123 Å². The van der Waals surface area contributed by atoms with Crippen LogP contribution in [-0.4, -0.2) is 22.2 Å². The van der Waals surface area contributed by atoms with Crippen LogP contribution in [-0.2, 0) is 0 Å². The van der Waals surface area contributed by atoms with Gasteiger partial charge in [-0.2, -0.15) is 5.26 Å². The van der Waals surface area contributed by atoms with E-state index in [1.807, 2.05) is 28.7 Å². The summed E-state index contributed by atoms with van der Waals surface area (Å²) in [4.78, 5) is 10.5. The van der Waals surface area contributed by atoms with E-state index >= 15 is 0 Å². The smallest absolute Gasteiger partial charge is 0.313 e. The second kappa shape index (κ2) is 5.71. The molecule has 1 aromatic carbocycles. The van der Waals surface area contributed by atoms with E-state index in [0.717, 1.165) is 6.42 Å². The van der Waals surface area contributed by atoms with Gasteiger partial charge in [0.05, 0.1) is 26.2 Å². The Bertz CT molecular complexity index is 555. The van der Waals surface area contributed by atoms with Crippen LogP contribution in [0.4, 0.5) is 5.69 Å². The minimum absolute atomic E-state index is 0.135. The van der Waals surface area contributed by atoms with E-state index in [1.165, 1.54) is 12.1 Å². The lowest BCUT2D eigenvalue weighted by molar-refractivity contribution is -0.386. The molecule has 0 amide bonds. The van der Waals surface area contributed by atoms with Gasteiger partial charge in [0.1, 0.15) is 6.10 Å². The maximum Gasteiger partial charge on any atom is 0.313 e. The first-order valence-corrected chi connectivity index (χ1v) is 6.83. The van der Waals surface area contributed by atoms with Gasteiger partial charge in [0.2, 0.25) is 5.75 Å². The van der Waals surface area contributed by atoms with Crippen molar-refractivity contribution in [3.05, 3.63) is 31.4 Å². The maximum absolute atomic E-state index is 11.0. The van der Waals surface area contributed by atoms with Crippen molar-refractivity contribution in [2.45, 2.75) is 31.5 Å². The molecule has 0 radical (unpaired) electrons. The number of aliphatic hydroxyl groups excluding tert-OH is 1. The molecule has 6 nitrogen and oxygen atoms in total. The summed E-state index contributed by atoms with van der Waals surface area (Å²) in [5, 5.41) is 29.6. The highest BCUT2D eigenvalue weighted by Gasteiger charge is 2.30. The van der Waals surface area contributed by atoms with Crippen molar-refractivity contribution in [1.29, 1.82) is 5.26 Å². The van der Waals surface area contributed by atoms with Crippen molar-refractivity contribution < 1.29 is 14.8 Å². The number of rotatable bonds is 3. The Balaban J connectivity index is 2.38. The maximum atomic E-state index is 11.0. The van der Waals surface area contributed by atoms with Gasteiger partial charge in [0.15, 0.2) is 0 Å². The molecule has 1 aliphatic rings. The third-order valence-corrected chi connectivity index (χ3v) is 3.84. The van der Waals surface area contributed by atoms with Crippen molar-refractivity contribution >= 4 is 28.3 Å². The average Bonchev–Trinajstić information content (AvgIpc) is 2.76. The molecule has 2 atom stereocenters. The van der Waals surface area contributed by atoms with Gasteiger partial charge in [-0.25, -0.2) is 0 Å². The summed E-state index contributed by atoms with van der Waals surface area (Å²) in [6, 6.07) is 4.60. The number of nitriles is 1. The first-order valence-electron chi connectivity index (χ1n) is 5.75. The molecule has 2 rings (SSSR count). The third kappa shape index (κ3) is 2.96. The van der Waals surface area contributed by atoms with E-state index < -0.39 is 17.1 Å². The lowest BCUT2D eigenvalue weighted by atomic mass is 10.2. The molecule has 1 saturated carbocycles. The Kier molecular flexibility index (Phi) is 4.21. The van der Waals surface area contributed by atoms with E-state index in [1.54, 1.807) is 0 Å². The molecule has 0 heterocycles. The van der Waals surface area contributed by atoms with Crippen LogP contribution in [0.5, 0.6) is 5.75 Å². The van der Waals surface area contributed by atoms with Crippen molar-refractivity contribution in [3.63, 3.8) is 0 Å². The molecule has 0 spiro atoms. The molecule has 1 N–H and O–H groups in total. The molecule has 0 aromatic heterocycles. The molecular formula is C12H11IN2O4. The molecule has 19 heavy (non-hydrogen) atoms. The third-order valence-electron chi connectivity index (χ3n) is 3.04. The van der Waals surface area contributed by atoms with Gasteiger partial charge >= 0.3 is 5.69 Å². The van der Waals surface area contributed by atoms with E-state index in [4.69, 9.17) is 10.00 Å². The van der Waals surface area contributed by atoms with Gasteiger partial charge in [0.25, 0.3) is 0 Å². The van der Waals surface area contributed by atoms with Crippen LogP contribution in [0.25, 0.3) is 0 Å². The minimum atomic E-state index is -0.592. The normalized spacial score (nSPS) is 21.9. The number of nitro groups is 1. The zero-order valence-electron chi connectivity index (χ0n) is 9.88. The van der Waals surface area contributed by atoms with Gasteiger partial charge in [-0.1, -0.05) is 0 Å². The zero-order chi connectivity index (χ0) is 14.0. The quantitative estimate of drug-likeness (QED) is 0.498. The van der Waals surface area contributed by atoms with E-state index in [-0.39, 0.29) is 17.0 Å². The van der Waals surface area contributed by atoms with Crippen LogP contribution in [0, 0.1) is 25.0 Å². The Morgan fingerprint density at radius 1 is 1.53 bits per heavy atom. The fourth-order valence-electron chi connectivity index (χ4n) is 2.09. The summed E-state index contributed by atoms with van der Waals surface area (Å²) in [5.41, 5.74) is -0.0158. The zero-order valence-corrected chi connectivity index (χ0v) is 12.0. The molecule has 1 fully saturated rings. The monoisotopic (exact) mass is 374 g/mol. The minimum Gasteiger partial charge on any atom is -0.480 e. The van der Waals surface area contributed by atoms with Crippen LogP contribution in [0.1, 0.15) is 24.8 Å². The van der Waals surface area contributed by atoms with E-state index in [9.17, 15) is 15.2 Å². The predicted octanol–water partition coefficient (Wildman–Crippen LogP) is 2.36. The number of hydrogen-bond donors (Lipinski definition) is 1. The topological polar surface area (TPSA) is 96.4 Å². The molecule has 1 aliphatic carbocycles. The molecule has 7 heteroatoms. The van der Waals surface area contributed by atoms with E-state index in [2.05, 4.69) is 0 Å². The fourth-order valence-corrected chi connectivity index (χ4v) is 2.83. The molecular weight excluding hydrogens is 363 g/mol. The van der Waals surface area contributed by atoms with Crippen molar-refractivity contribution in [2.24, 2.45) is 0 Å². The number of nitrogens with zero attached hydrogens (tertiary/aromatic N) is 2. The number of hydrogen-bond acceptors (Lipinski definition) is 5. The Morgan fingerprint density at radius 2 is 2.26 bits per heavy atom. The molecule has 2 unspecified atom stereocenters. The lowest BCUT2D eigenvalue weighted by Gasteiger charge is -2.18. The summed E-state index contributed by atoms with van der Waals surface area (Å²) in [5.74, 6) is 0.135. The number of aliphatic hydroxyl groups is 1. The molecule has 0 saturated heterocycles. The highest BCUT2D eigenvalue weighted by Crippen LogP contribution is 2.36. The first kappa shape index (κ1) is 14.0. The summed E-state index contributed by atoms with van der Waals surface area (Å²) < 4.78 is 6.10. The first-order chi connectivity index (χ1) is 9.02. The average molecular weight is 374 g/mol. The highest BCUT2D eigenvalue weighted by molar-refractivity contribution is 14.1. The second-order valence-electron chi connectivity index (χ2n) is 4.33. The lowest BCUT2D eigenvalue weighted by Crippen LogP contribution is -2.26. The highest BCUT2D eigenvalue weighted by atomic mass is 127. The Hall–Kier alpha value is -1.40. The van der Waals surface area contributed by atoms with E-state index in [0.29, 0.717) is 16.4 Å². The summed E-state index contributed by atoms with van der Waals surface area (Å²) in [7, 11) is 0. The molecule has 0 bridgehead atoms. The van der Waals surface area contributed by atoms with Gasteiger partial charge in [-0.15, -0.1) is 0 Å². The molecule has 100 valence electrons. The second-order valence-corrected chi connectivity index (χ2v) is 5.49. The number of halogens is 1. The van der Waals surface area contributed by atoms with Crippen LogP contribution in [0.15, 0.2) is 12.1 Å². The van der Waals surface area contributed by atoms with Crippen LogP contribution >= 0.6 is 22.6 Å². The van der Waals surface area contributed by atoms with Crippen molar-refractivity contribution in [1.82, 2.24) is 0 Å². The predicted molar refractivity (Wildman–Crippen MR) is 74.8 cm³/mol. The summed E-state index contributed by atoms with van der Waals surface area (Å²) >= 11 is 1.90. The van der Waals surface area contributed by atoms with Gasteiger partial charge in [0, 0.05) is 6.07 Å². The van der Waals surface area contributed by atoms with Crippen molar-refractivity contribution in [3.8, 4) is 11.8 Å². The summed E-state index contributed by atoms with van der Waals surface area (Å²) in [6.45, 7) is 0. The molecule has 0 aliphatic heterocycles. The van der Waals surface area contributed by atoms with Gasteiger partial charge < -0.3 is 9.84 Å². The van der Waals surface area contributed by atoms with Gasteiger partial charge in [-0.3, -0.25) is 10.1 Å². The Morgan fingerprint density at radius 3 is 2.79 bits per heavy atom. The van der Waals surface area contributed by atoms with Crippen LogP contribution in [0.2, 0.25) is 0 Å². The largest absolute Gasteiger partial charge is 0.480 e. The van der Waals surface area contributed by atoms with Crippen molar-refractivity contribution in [2.75, 3.05) is 0 Å². The standard InChI is InChI=1S/C12H11IN2O4/c13-8-4-7(6-14)5-9(15(17)18)12(8)19-11-3-1-2-10(11)16/h4-5,10-11,16H,1-3H2. The summed E-state index contributed by atoms with van der Waals surface area (Å²) in [6.07, 6.45) is 1.15. The fraction of sp³-hybridized carbons (Fsp3) is 0.417. The van der Waals surface area contributed by atoms with Crippen LogP contribution < -0.4 is 4.74 Å². The SMILES string of the molecule is N#Cc1cc(I)c(OC2CCCC2O)c([N+](=O)[O-])c1. The number of nitro benzene ring substituents is 1. The van der Waals surface area contributed by atoms with Gasteiger partial charge in [-0.05, 0) is 47.9 Å². The number of ether oxygens (including phenoxy) is 1. The molecule has 1 aromatic rings.